The molecule has 0 radical (unpaired) electrons. The second-order valence-corrected chi connectivity index (χ2v) is 7.55. The summed E-state index contributed by atoms with van der Waals surface area (Å²) in [4.78, 5) is 16.1. The van der Waals surface area contributed by atoms with Crippen LogP contribution in [-0.2, 0) is 14.8 Å². The molecular formula is C20H18N2O4S. The van der Waals surface area contributed by atoms with Crippen molar-refractivity contribution in [3.05, 3.63) is 78.0 Å². The SMILES string of the molecule is COC(=O)c1cc(S(=O)(=O)Nc2ccc(-c3ccccc3)nc2)ccc1C. The van der Waals surface area contributed by atoms with E-state index in [0.717, 1.165) is 11.3 Å². The van der Waals surface area contributed by atoms with E-state index in [1.165, 1.54) is 25.4 Å². The number of anilines is 1. The summed E-state index contributed by atoms with van der Waals surface area (Å²) in [6.07, 6.45) is 1.45. The van der Waals surface area contributed by atoms with Crippen LogP contribution in [0.25, 0.3) is 11.3 Å². The topological polar surface area (TPSA) is 85.4 Å². The van der Waals surface area contributed by atoms with Crippen molar-refractivity contribution in [3.63, 3.8) is 0 Å². The molecule has 27 heavy (non-hydrogen) atoms. The lowest BCUT2D eigenvalue weighted by Gasteiger charge is -2.11. The number of rotatable bonds is 5. The fourth-order valence-corrected chi connectivity index (χ4v) is 3.62. The highest BCUT2D eigenvalue weighted by atomic mass is 32.2. The quantitative estimate of drug-likeness (QED) is 0.681. The standard InChI is InChI=1S/C20H18N2O4S/c1-14-8-10-17(12-18(14)20(23)26-2)27(24,25)22-16-9-11-19(21-13-16)15-6-4-3-5-7-15/h3-13,22H,1-2H3. The van der Waals surface area contributed by atoms with Gasteiger partial charge in [-0.05, 0) is 36.8 Å². The van der Waals surface area contributed by atoms with Crippen LogP contribution in [0.4, 0.5) is 5.69 Å². The maximum Gasteiger partial charge on any atom is 0.338 e. The molecule has 3 rings (SSSR count). The lowest BCUT2D eigenvalue weighted by atomic mass is 10.1. The third kappa shape index (κ3) is 4.15. The number of carbonyl (C=O) groups excluding carboxylic acids is 1. The molecule has 2 aromatic carbocycles. The molecule has 0 atom stereocenters. The normalized spacial score (nSPS) is 11.0. The molecule has 0 aliphatic carbocycles. The Kier molecular flexibility index (Phi) is 5.23. The third-order valence-corrected chi connectivity index (χ3v) is 5.39. The molecule has 1 heterocycles. The van der Waals surface area contributed by atoms with Gasteiger partial charge in [-0.2, -0.15) is 0 Å². The van der Waals surface area contributed by atoms with Crippen LogP contribution < -0.4 is 4.72 Å². The number of hydrogen-bond donors (Lipinski definition) is 1. The van der Waals surface area contributed by atoms with Gasteiger partial charge in [0.2, 0.25) is 0 Å². The van der Waals surface area contributed by atoms with Gasteiger partial charge in [0, 0.05) is 5.56 Å². The summed E-state index contributed by atoms with van der Waals surface area (Å²) in [6.45, 7) is 1.71. The van der Waals surface area contributed by atoms with Crippen LogP contribution in [0.5, 0.6) is 0 Å². The van der Waals surface area contributed by atoms with Crippen LogP contribution in [0, 0.1) is 6.92 Å². The van der Waals surface area contributed by atoms with E-state index in [2.05, 4.69) is 9.71 Å². The minimum Gasteiger partial charge on any atom is -0.465 e. The molecule has 0 fully saturated rings. The fraction of sp³-hybridized carbons (Fsp3) is 0.100. The summed E-state index contributed by atoms with van der Waals surface area (Å²) in [5.41, 5.74) is 2.84. The van der Waals surface area contributed by atoms with Crippen LogP contribution >= 0.6 is 0 Å². The van der Waals surface area contributed by atoms with Crippen LogP contribution in [0.15, 0.2) is 71.8 Å². The highest BCUT2D eigenvalue weighted by molar-refractivity contribution is 7.92. The molecule has 0 aliphatic rings. The van der Waals surface area contributed by atoms with Gasteiger partial charge in [-0.15, -0.1) is 0 Å². The van der Waals surface area contributed by atoms with E-state index < -0.39 is 16.0 Å². The Bertz CT molecular complexity index is 1060. The van der Waals surface area contributed by atoms with Gasteiger partial charge in [-0.25, -0.2) is 13.2 Å². The monoisotopic (exact) mass is 382 g/mol. The van der Waals surface area contributed by atoms with Crippen molar-refractivity contribution >= 4 is 21.7 Å². The van der Waals surface area contributed by atoms with Crippen molar-refractivity contribution in [1.29, 1.82) is 0 Å². The number of pyridine rings is 1. The van der Waals surface area contributed by atoms with Gasteiger partial charge < -0.3 is 4.74 Å². The van der Waals surface area contributed by atoms with Crippen LogP contribution in [0.2, 0.25) is 0 Å². The van der Waals surface area contributed by atoms with Crippen molar-refractivity contribution in [1.82, 2.24) is 4.98 Å². The Balaban J connectivity index is 1.86. The smallest absolute Gasteiger partial charge is 0.338 e. The highest BCUT2D eigenvalue weighted by Gasteiger charge is 2.18. The van der Waals surface area contributed by atoms with Crippen molar-refractivity contribution in [3.8, 4) is 11.3 Å². The van der Waals surface area contributed by atoms with Gasteiger partial charge in [0.05, 0.1) is 35.1 Å². The predicted octanol–water partition coefficient (Wildman–Crippen LogP) is 3.64. The molecule has 1 N–H and O–H groups in total. The number of ether oxygens (including phenoxy) is 1. The van der Waals surface area contributed by atoms with E-state index in [-0.39, 0.29) is 10.5 Å². The first kappa shape index (κ1) is 18.6. The maximum absolute atomic E-state index is 12.6. The second-order valence-electron chi connectivity index (χ2n) is 5.87. The molecule has 3 aromatic rings. The Morgan fingerprint density at radius 3 is 2.41 bits per heavy atom. The number of aryl methyl sites for hydroxylation is 1. The highest BCUT2D eigenvalue weighted by Crippen LogP contribution is 2.22. The summed E-state index contributed by atoms with van der Waals surface area (Å²) in [7, 11) is -2.62. The van der Waals surface area contributed by atoms with Gasteiger partial charge in [0.1, 0.15) is 0 Å². The van der Waals surface area contributed by atoms with E-state index in [1.54, 1.807) is 25.1 Å². The lowest BCUT2D eigenvalue weighted by Crippen LogP contribution is -2.14. The summed E-state index contributed by atoms with van der Waals surface area (Å²) >= 11 is 0. The van der Waals surface area contributed by atoms with E-state index in [9.17, 15) is 13.2 Å². The number of sulfonamides is 1. The predicted molar refractivity (Wildman–Crippen MR) is 103 cm³/mol. The van der Waals surface area contributed by atoms with Crippen molar-refractivity contribution in [2.45, 2.75) is 11.8 Å². The molecule has 7 heteroatoms. The fourth-order valence-electron chi connectivity index (χ4n) is 2.55. The number of methoxy groups -OCH3 is 1. The van der Waals surface area contributed by atoms with Crippen molar-refractivity contribution < 1.29 is 17.9 Å². The van der Waals surface area contributed by atoms with Crippen molar-refractivity contribution in [2.24, 2.45) is 0 Å². The molecule has 0 bridgehead atoms. The first-order chi connectivity index (χ1) is 12.9. The van der Waals surface area contributed by atoms with E-state index >= 15 is 0 Å². The van der Waals surface area contributed by atoms with Gasteiger partial charge in [0.25, 0.3) is 10.0 Å². The summed E-state index contributed by atoms with van der Waals surface area (Å²) in [6, 6.07) is 17.3. The lowest BCUT2D eigenvalue weighted by molar-refractivity contribution is 0.0599. The molecule has 0 saturated heterocycles. The minimum absolute atomic E-state index is 0.0272. The second kappa shape index (κ2) is 7.59. The van der Waals surface area contributed by atoms with Crippen LogP contribution in [0.3, 0.4) is 0 Å². The van der Waals surface area contributed by atoms with Gasteiger partial charge in [-0.1, -0.05) is 36.4 Å². The van der Waals surface area contributed by atoms with Crippen LogP contribution in [-0.4, -0.2) is 26.5 Å². The number of aromatic nitrogens is 1. The minimum atomic E-state index is -3.87. The summed E-state index contributed by atoms with van der Waals surface area (Å²) in [5, 5.41) is 0. The molecular weight excluding hydrogens is 364 g/mol. The molecule has 0 spiro atoms. The zero-order chi connectivity index (χ0) is 19.4. The zero-order valence-corrected chi connectivity index (χ0v) is 15.7. The van der Waals surface area contributed by atoms with E-state index in [0.29, 0.717) is 11.3 Å². The number of esters is 1. The van der Waals surface area contributed by atoms with E-state index in [4.69, 9.17) is 4.74 Å². The number of nitrogens with one attached hydrogen (secondary N) is 1. The van der Waals surface area contributed by atoms with E-state index in [1.807, 2.05) is 30.3 Å². The maximum atomic E-state index is 12.6. The number of carbonyl (C=O) groups is 1. The van der Waals surface area contributed by atoms with Gasteiger partial charge in [0.15, 0.2) is 0 Å². The first-order valence-electron chi connectivity index (χ1n) is 8.14. The zero-order valence-electron chi connectivity index (χ0n) is 14.8. The molecule has 1 aromatic heterocycles. The van der Waals surface area contributed by atoms with Gasteiger partial charge >= 0.3 is 5.97 Å². The molecule has 0 unspecified atom stereocenters. The third-order valence-electron chi connectivity index (χ3n) is 4.01. The number of nitrogens with zero attached hydrogens (tertiary/aromatic N) is 1. The molecule has 0 amide bonds. The number of hydrogen-bond acceptors (Lipinski definition) is 5. The Hall–Kier alpha value is -3.19. The first-order valence-corrected chi connectivity index (χ1v) is 9.62. The Labute approximate surface area is 157 Å². The molecule has 0 aliphatic heterocycles. The largest absolute Gasteiger partial charge is 0.465 e. The summed E-state index contributed by atoms with van der Waals surface area (Å²) in [5.74, 6) is -0.585. The summed E-state index contributed by atoms with van der Waals surface area (Å²) < 4.78 is 32.4. The Morgan fingerprint density at radius 2 is 1.78 bits per heavy atom. The molecule has 6 nitrogen and oxygen atoms in total. The van der Waals surface area contributed by atoms with Crippen LogP contribution in [0.1, 0.15) is 15.9 Å². The molecule has 0 saturated carbocycles. The van der Waals surface area contributed by atoms with Gasteiger partial charge in [-0.3, -0.25) is 9.71 Å². The Morgan fingerprint density at radius 1 is 1.04 bits per heavy atom. The van der Waals surface area contributed by atoms with Crippen molar-refractivity contribution in [2.75, 3.05) is 11.8 Å². The molecule has 138 valence electrons. The average molecular weight is 382 g/mol. The average Bonchev–Trinajstić information content (AvgIpc) is 2.68. The number of benzene rings is 2.